The van der Waals surface area contributed by atoms with Gasteiger partial charge in [0.1, 0.15) is 0 Å². The second-order valence-corrected chi connectivity index (χ2v) is 14.4. The van der Waals surface area contributed by atoms with Crippen molar-refractivity contribution in [3.63, 3.8) is 0 Å². The van der Waals surface area contributed by atoms with Crippen molar-refractivity contribution in [3.8, 4) is 0 Å². The van der Waals surface area contributed by atoms with Crippen molar-refractivity contribution in [1.29, 1.82) is 0 Å². The average molecular weight is 759 g/mol. The third-order valence-corrected chi connectivity index (χ3v) is 10.6. The van der Waals surface area contributed by atoms with E-state index in [2.05, 4.69) is 79.6 Å². The van der Waals surface area contributed by atoms with Crippen molar-refractivity contribution < 1.29 is 29.4 Å². The predicted octanol–water partition coefficient (Wildman–Crippen LogP) is 6.95. The Morgan fingerprint density at radius 1 is 0.679 bits per heavy atom. The molecule has 0 radical (unpaired) electrons. The molecule has 0 aliphatic carbocycles. The minimum Gasteiger partial charge on any atom is -0.393 e. The van der Waals surface area contributed by atoms with E-state index < -0.39 is 18.6 Å². The number of aryl methyl sites for hydroxylation is 2. The molecule has 4 aromatic rings. The molecule has 1 unspecified atom stereocenters. The molecule has 294 valence electrons. The van der Waals surface area contributed by atoms with Gasteiger partial charge < -0.3 is 30.6 Å². The van der Waals surface area contributed by atoms with Crippen LogP contribution in [0.3, 0.4) is 0 Å². The normalized spacial score (nSPS) is 15.2. The van der Waals surface area contributed by atoms with Gasteiger partial charge in [0.15, 0.2) is 6.10 Å². The van der Waals surface area contributed by atoms with Gasteiger partial charge in [-0.15, -0.1) is 0 Å². The predicted molar refractivity (Wildman–Crippen MR) is 221 cm³/mol. The van der Waals surface area contributed by atoms with Crippen LogP contribution in [-0.4, -0.2) is 82.5 Å². The fourth-order valence-corrected chi connectivity index (χ4v) is 7.29. The summed E-state index contributed by atoms with van der Waals surface area (Å²) in [5, 5.41) is 23.5. The Bertz CT molecular complexity index is 1980. The number of anilines is 2. The van der Waals surface area contributed by atoms with Gasteiger partial charge in [0.2, 0.25) is 5.91 Å². The Labute approximate surface area is 330 Å². The lowest BCUT2D eigenvalue weighted by atomic mass is 9.88. The molecular formula is C46H54N4O6. The molecule has 0 saturated carbocycles. The van der Waals surface area contributed by atoms with E-state index in [0.29, 0.717) is 47.4 Å². The second kappa shape index (κ2) is 20.4. The minimum absolute atomic E-state index is 0.0189. The molecule has 56 heavy (non-hydrogen) atoms. The van der Waals surface area contributed by atoms with Crippen LogP contribution in [0.2, 0.25) is 0 Å². The van der Waals surface area contributed by atoms with Crippen LogP contribution >= 0.6 is 0 Å². The lowest BCUT2D eigenvalue weighted by Gasteiger charge is -2.32. The topological polar surface area (TPSA) is 139 Å². The number of carbonyl (C=O) groups excluding carboxylic acids is 4. The van der Waals surface area contributed by atoms with E-state index in [9.17, 15) is 24.3 Å². The fourth-order valence-electron chi connectivity index (χ4n) is 7.29. The molecule has 2 fully saturated rings. The maximum Gasteiger partial charge on any atom is 0.255 e. The number of likely N-dealkylation sites (tertiary alicyclic amines) is 2. The van der Waals surface area contributed by atoms with Crippen LogP contribution in [0, 0.1) is 0 Å². The SMILES string of the molecule is C=CC(=O)Nc1cccc(C(=O)N2CCC(c3cccc(CC)c3)CC2)c1.CCc1cccc(C2CCN(C(=O)c3cccc(NC(=O)C(O)CO)c3)CC2)c1. The van der Waals surface area contributed by atoms with Crippen LogP contribution in [0.25, 0.3) is 0 Å². The van der Waals surface area contributed by atoms with Crippen LogP contribution in [0.15, 0.2) is 110 Å². The van der Waals surface area contributed by atoms with Gasteiger partial charge in [0, 0.05) is 48.7 Å². The number of aliphatic hydroxyl groups is 2. The summed E-state index contributed by atoms with van der Waals surface area (Å²) in [7, 11) is 0. The molecule has 1 atom stereocenters. The number of carbonyl (C=O) groups is 4. The molecule has 4 aromatic carbocycles. The van der Waals surface area contributed by atoms with Crippen molar-refractivity contribution >= 4 is 35.0 Å². The quantitative estimate of drug-likeness (QED) is 0.122. The van der Waals surface area contributed by atoms with E-state index in [1.54, 1.807) is 48.5 Å². The number of hydrogen-bond acceptors (Lipinski definition) is 6. The zero-order valence-corrected chi connectivity index (χ0v) is 32.5. The Morgan fingerprint density at radius 3 is 1.52 bits per heavy atom. The Morgan fingerprint density at radius 2 is 1.11 bits per heavy atom. The smallest absolute Gasteiger partial charge is 0.255 e. The number of piperidine rings is 2. The number of nitrogens with zero attached hydrogens (tertiary/aromatic N) is 2. The summed E-state index contributed by atoms with van der Waals surface area (Å²) in [5.74, 6) is -0.0492. The third-order valence-electron chi connectivity index (χ3n) is 10.6. The number of aliphatic hydroxyl groups excluding tert-OH is 2. The minimum atomic E-state index is -1.49. The molecule has 4 amide bonds. The van der Waals surface area contributed by atoms with E-state index in [4.69, 9.17) is 5.11 Å². The van der Waals surface area contributed by atoms with E-state index >= 15 is 0 Å². The summed E-state index contributed by atoms with van der Waals surface area (Å²) >= 11 is 0. The summed E-state index contributed by atoms with van der Waals surface area (Å²) in [4.78, 5) is 52.7. The number of nitrogens with one attached hydrogen (secondary N) is 2. The third kappa shape index (κ3) is 11.2. The van der Waals surface area contributed by atoms with Gasteiger partial charge >= 0.3 is 0 Å². The highest BCUT2D eigenvalue weighted by molar-refractivity contribution is 6.01. The first kappa shape index (κ1) is 41.6. The average Bonchev–Trinajstić information content (AvgIpc) is 3.26. The molecule has 6 rings (SSSR count). The Hall–Kier alpha value is -5.58. The van der Waals surface area contributed by atoms with Gasteiger partial charge in [-0.05, 0) is 115 Å². The zero-order valence-electron chi connectivity index (χ0n) is 32.5. The molecule has 2 heterocycles. The monoisotopic (exact) mass is 758 g/mol. The van der Waals surface area contributed by atoms with Gasteiger partial charge in [-0.25, -0.2) is 0 Å². The van der Waals surface area contributed by atoms with Gasteiger partial charge in [0.25, 0.3) is 17.7 Å². The molecule has 10 heteroatoms. The van der Waals surface area contributed by atoms with E-state index in [0.717, 1.165) is 51.6 Å². The maximum atomic E-state index is 12.9. The van der Waals surface area contributed by atoms with Gasteiger partial charge in [-0.2, -0.15) is 0 Å². The van der Waals surface area contributed by atoms with Crippen LogP contribution in [-0.2, 0) is 22.4 Å². The molecule has 4 N–H and O–H groups in total. The highest BCUT2D eigenvalue weighted by Crippen LogP contribution is 2.31. The van der Waals surface area contributed by atoms with E-state index in [-0.39, 0.29) is 17.7 Å². The summed E-state index contributed by atoms with van der Waals surface area (Å²) in [6.07, 6.45) is 5.61. The van der Waals surface area contributed by atoms with Crippen LogP contribution in [0.5, 0.6) is 0 Å². The molecule has 0 bridgehead atoms. The van der Waals surface area contributed by atoms with Gasteiger partial charge in [-0.1, -0.05) is 81.1 Å². The van der Waals surface area contributed by atoms with E-state index in [1.165, 1.54) is 28.3 Å². The first-order valence-electron chi connectivity index (χ1n) is 19.6. The van der Waals surface area contributed by atoms with Gasteiger partial charge in [-0.3, -0.25) is 19.2 Å². The molecule has 10 nitrogen and oxygen atoms in total. The summed E-state index contributed by atoms with van der Waals surface area (Å²) in [6.45, 7) is 10.0. The number of hydrogen-bond donors (Lipinski definition) is 4. The van der Waals surface area contributed by atoms with Crippen LogP contribution in [0.4, 0.5) is 11.4 Å². The molecular weight excluding hydrogens is 705 g/mol. The van der Waals surface area contributed by atoms with Crippen LogP contribution in [0.1, 0.15) is 94.3 Å². The highest BCUT2D eigenvalue weighted by Gasteiger charge is 2.26. The van der Waals surface area contributed by atoms with E-state index in [1.807, 2.05) is 9.80 Å². The maximum absolute atomic E-state index is 12.9. The lowest BCUT2D eigenvalue weighted by Crippen LogP contribution is -2.38. The Balaban J connectivity index is 0.000000215. The fraction of sp³-hybridized carbons (Fsp3) is 0.348. The van der Waals surface area contributed by atoms with Crippen molar-refractivity contribution in [3.05, 3.63) is 143 Å². The first-order chi connectivity index (χ1) is 27.1. The Kier molecular flexibility index (Phi) is 15.1. The molecule has 0 spiro atoms. The number of amides is 4. The molecule has 0 aromatic heterocycles. The largest absolute Gasteiger partial charge is 0.393 e. The van der Waals surface area contributed by atoms with Crippen molar-refractivity contribution in [2.24, 2.45) is 0 Å². The zero-order chi connectivity index (χ0) is 40.0. The van der Waals surface area contributed by atoms with Crippen molar-refractivity contribution in [1.82, 2.24) is 9.80 Å². The summed E-state index contributed by atoms with van der Waals surface area (Å²) in [5.41, 5.74) is 7.56. The van der Waals surface area contributed by atoms with Gasteiger partial charge in [0.05, 0.1) is 6.61 Å². The molecule has 2 saturated heterocycles. The second-order valence-electron chi connectivity index (χ2n) is 14.4. The molecule has 2 aliphatic rings. The van der Waals surface area contributed by atoms with Crippen molar-refractivity contribution in [2.45, 2.75) is 70.3 Å². The standard InChI is InChI=1S/C23H28N2O4.C23H26N2O2/c1-2-16-5-3-6-18(13-16)17-9-11-25(12-10-17)23(29)19-7-4-8-20(14-19)24-22(28)21(27)15-26;1-3-17-7-5-8-19(15-17)18-11-13-25(14-12-18)23(27)20-9-6-10-21(16-20)24-22(26)4-2/h3-8,13-14,17,21,26-27H,2,9-12,15H2,1H3,(H,24,28);4-10,15-16,18H,2-3,11-14H2,1H3,(H,24,26). The summed E-state index contributed by atoms with van der Waals surface area (Å²) in [6, 6.07) is 31.2. The number of benzene rings is 4. The van der Waals surface area contributed by atoms with Crippen molar-refractivity contribution in [2.75, 3.05) is 43.4 Å². The highest BCUT2D eigenvalue weighted by atomic mass is 16.3. The molecule has 2 aliphatic heterocycles. The number of rotatable bonds is 11. The lowest BCUT2D eigenvalue weighted by molar-refractivity contribution is -0.125. The summed E-state index contributed by atoms with van der Waals surface area (Å²) < 4.78 is 0. The first-order valence-corrected chi connectivity index (χ1v) is 19.6. The van der Waals surface area contributed by atoms with Crippen LogP contribution < -0.4 is 10.6 Å².